The quantitative estimate of drug-likeness (QED) is 0.517. The molecule has 1 aliphatic heterocycles. The van der Waals surface area contributed by atoms with Crippen LogP contribution in [0.4, 0.5) is 0 Å². The molecule has 1 unspecified atom stereocenters. The molecule has 2 heteroatoms. The highest BCUT2D eigenvalue weighted by molar-refractivity contribution is 6.28. The summed E-state index contributed by atoms with van der Waals surface area (Å²) >= 11 is 0. The van der Waals surface area contributed by atoms with Gasteiger partial charge < -0.3 is 4.65 Å². The topological polar surface area (TPSA) is 9.23 Å². The van der Waals surface area contributed by atoms with Crippen molar-refractivity contribution in [2.45, 2.75) is 32.0 Å². The molecule has 3 saturated carbocycles. The zero-order valence-corrected chi connectivity index (χ0v) is 6.88. The van der Waals surface area contributed by atoms with Crippen molar-refractivity contribution in [3.8, 4) is 0 Å². The Hall–Kier alpha value is 0.0249. The third-order valence-corrected chi connectivity index (χ3v) is 4.10. The van der Waals surface area contributed by atoms with Crippen molar-refractivity contribution in [1.82, 2.24) is 0 Å². The highest BCUT2D eigenvalue weighted by Crippen LogP contribution is 2.63. The molecule has 0 aromatic carbocycles. The minimum atomic E-state index is 0.762. The second-order valence-electron chi connectivity index (χ2n) is 4.61. The van der Waals surface area contributed by atoms with Crippen molar-refractivity contribution in [2.75, 3.05) is 6.61 Å². The van der Waals surface area contributed by atoms with E-state index < -0.39 is 0 Å². The molecule has 4 aliphatic rings. The Bertz CT molecular complexity index is 163. The molecule has 11 heavy (non-hydrogen) atoms. The molecule has 1 atom stereocenters. The largest absolute Gasteiger partial charge is 0.440 e. The Kier molecular flexibility index (Phi) is 1.21. The third-order valence-electron chi connectivity index (χ3n) is 4.10. The van der Waals surface area contributed by atoms with Gasteiger partial charge in [-0.1, -0.05) is 0 Å². The molecule has 1 nitrogen and oxygen atoms in total. The van der Waals surface area contributed by atoms with E-state index in [1.165, 1.54) is 32.0 Å². The first-order valence-corrected chi connectivity index (χ1v) is 4.82. The molecule has 0 spiro atoms. The lowest BCUT2D eigenvalue weighted by Crippen LogP contribution is -2.35. The van der Waals surface area contributed by atoms with Gasteiger partial charge in [0.25, 0.3) is 7.48 Å². The van der Waals surface area contributed by atoms with Crippen LogP contribution in [0.15, 0.2) is 0 Å². The Morgan fingerprint density at radius 1 is 1.36 bits per heavy atom. The minimum Gasteiger partial charge on any atom is -0.440 e. The van der Waals surface area contributed by atoms with Crippen LogP contribution >= 0.6 is 0 Å². The van der Waals surface area contributed by atoms with Crippen molar-refractivity contribution < 1.29 is 4.65 Å². The SMILES string of the molecule is [B]1CC(C23CCC(C2)C3)CO1. The molecule has 4 rings (SSSR count). The molecule has 59 valence electrons. The van der Waals surface area contributed by atoms with E-state index in [-0.39, 0.29) is 0 Å². The van der Waals surface area contributed by atoms with Crippen LogP contribution < -0.4 is 0 Å². The van der Waals surface area contributed by atoms with Crippen LogP contribution in [0, 0.1) is 17.3 Å². The Labute approximate surface area is 68.8 Å². The molecular formula is C9H14BO. The van der Waals surface area contributed by atoms with E-state index >= 15 is 0 Å². The van der Waals surface area contributed by atoms with Crippen molar-refractivity contribution >= 4 is 7.48 Å². The molecule has 2 bridgehead atoms. The summed E-state index contributed by atoms with van der Waals surface area (Å²) in [6.07, 6.45) is 7.28. The summed E-state index contributed by atoms with van der Waals surface area (Å²) in [5.41, 5.74) is 0.762. The van der Waals surface area contributed by atoms with Crippen LogP contribution in [0.3, 0.4) is 0 Å². The first kappa shape index (κ1) is 6.53. The van der Waals surface area contributed by atoms with E-state index in [1.807, 2.05) is 7.48 Å². The summed E-state index contributed by atoms with van der Waals surface area (Å²) in [4.78, 5) is 0. The zero-order chi connectivity index (χ0) is 7.31. The molecule has 0 aromatic heterocycles. The van der Waals surface area contributed by atoms with Crippen LogP contribution in [-0.2, 0) is 4.65 Å². The molecule has 1 heterocycles. The van der Waals surface area contributed by atoms with Gasteiger partial charge in [-0.05, 0) is 49.3 Å². The van der Waals surface area contributed by atoms with E-state index in [9.17, 15) is 0 Å². The maximum atomic E-state index is 5.33. The maximum Gasteiger partial charge on any atom is 0.292 e. The van der Waals surface area contributed by atoms with Gasteiger partial charge in [0.2, 0.25) is 0 Å². The lowest BCUT2D eigenvalue weighted by Gasteiger charge is -2.43. The number of hydrogen-bond donors (Lipinski definition) is 0. The summed E-state index contributed by atoms with van der Waals surface area (Å²) < 4.78 is 5.33. The standard InChI is InChI=1S/C9H14BO/c1-2-9(3-7(1)4-9)8-5-10-11-6-8/h7-8H,1-6H2. The second-order valence-corrected chi connectivity index (χ2v) is 4.61. The van der Waals surface area contributed by atoms with E-state index in [0.29, 0.717) is 0 Å². The molecule has 0 N–H and O–H groups in total. The zero-order valence-electron chi connectivity index (χ0n) is 6.88. The third kappa shape index (κ3) is 0.766. The van der Waals surface area contributed by atoms with Crippen LogP contribution in [-0.4, -0.2) is 14.1 Å². The first-order valence-electron chi connectivity index (χ1n) is 4.82. The molecule has 4 fully saturated rings. The summed E-state index contributed by atoms with van der Waals surface area (Å²) in [5, 5.41) is 0. The van der Waals surface area contributed by atoms with Crippen molar-refractivity contribution in [2.24, 2.45) is 17.3 Å². The van der Waals surface area contributed by atoms with Crippen LogP contribution in [0.2, 0.25) is 6.32 Å². The van der Waals surface area contributed by atoms with Crippen LogP contribution in [0.25, 0.3) is 0 Å². The van der Waals surface area contributed by atoms with Gasteiger partial charge in [0.05, 0.1) is 0 Å². The van der Waals surface area contributed by atoms with Gasteiger partial charge >= 0.3 is 0 Å². The summed E-state index contributed by atoms with van der Waals surface area (Å²) in [5.74, 6) is 2.00. The lowest BCUT2D eigenvalue weighted by molar-refractivity contribution is 0.0585. The number of fused-ring (bicyclic) bond motifs is 1. The van der Waals surface area contributed by atoms with Crippen molar-refractivity contribution in [3.63, 3.8) is 0 Å². The van der Waals surface area contributed by atoms with Gasteiger partial charge in [-0.25, -0.2) is 0 Å². The monoisotopic (exact) mass is 149 g/mol. The number of rotatable bonds is 1. The average molecular weight is 149 g/mol. The van der Waals surface area contributed by atoms with Gasteiger partial charge in [0.15, 0.2) is 0 Å². The summed E-state index contributed by atoms with van der Waals surface area (Å²) in [7, 11) is 2.02. The Balaban J connectivity index is 1.77. The van der Waals surface area contributed by atoms with Crippen LogP contribution in [0.1, 0.15) is 25.7 Å². The molecule has 1 saturated heterocycles. The predicted molar refractivity (Wildman–Crippen MR) is 44.4 cm³/mol. The molecule has 1 radical (unpaired) electrons. The first-order chi connectivity index (χ1) is 5.39. The highest BCUT2D eigenvalue weighted by Gasteiger charge is 2.54. The molecule has 3 aliphatic carbocycles. The van der Waals surface area contributed by atoms with Crippen molar-refractivity contribution in [1.29, 1.82) is 0 Å². The van der Waals surface area contributed by atoms with E-state index in [4.69, 9.17) is 4.65 Å². The lowest BCUT2D eigenvalue weighted by atomic mass is 9.60. The predicted octanol–water partition coefficient (Wildman–Crippen LogP) is 1.86. The smallest absolute Gasteiger partial charge is 0.292 e. The fourth-order valence-corrected chi connectivity index (χ4v) is 3.39. The average Bonchev–Trinajstić information content (AvgIpc) is 2.59. The van der Waals surface area contributed by atoms with E-state index in [1.54, 1.807) is 0 Å². The van der Waals surface area contributed by atoms with Gasteiger partial charge in [0, 0.05) is 6.61 Å². The normalized spacial score (nSPS) is 53.8. The highest BCUT2D eigenvalue weighted by atomic mass is 16.4. The van der Waals surface area contributed by atoms with E-state index in [0.717, 1.165) is 23.9 Å². The van der Waals surface area contributed by atoms with Gasteiger partial charge in [-0.15, -0.1) is 0 Å². The van der Waals surface area contributed by atoms with Gasteiger partial charge in [-0.3, -0.25) is 0 Å². The second kappa shape index (κ2) is 2.04. The van der Waals surface area contributed by atoms with Gasteiger partial charge in [0.1, 0.15) is 0 Å². The van der Waals surface area contributed by atoms with E-state index in [2.05, 4.69) is 0 Å². The summed E-state index contributed by atoms with van der Waals surface area (Å²) in [6.45, 7) is 1.02. The molecule has 0 amide bonds. The number of hydrogen-bond acceptors (Lipinski definition) is 1. The van der Waals surface area contributed by atoms with Crippen LogP contribution in [0.5, 0.6) is 0 Å². The minimum absolute atomic E-state index is 0.762. The molecule has 0 aromatic rings. The summed E-state index contributed by atoms with van der Waals surface area (Å²) in [6, 6.07) is 0. The van der Waals surface area contributed by atoms with Crippen molar-refractivity contribution in [3.05, 3.63) is 0 Å². The van der Waals surface area contributed by atoms with Gasteiger partial charge in [-0.2, -0.15) is 0 Å². The Morgan fingerprint density at radius 2 is 2.27 bits per heavy atom. The maximum absolute atomic E-state index is 5.33. The fraction of sp³-hybridized carbons (Fsp3) is 1.00. The molecular weight excluding hydrogens is 135 g/mol. The Morgan fingerprint density at radius 3 is 2.82 bits per heavy atom. The fourth-order valence-electron chi connectivity index (χ4n) is 3.39.